The maximum absolute atomic E-state index is 9.95. The van der Waals surface area contributed by atoms with Crippen molar-refractivity contribution in [3.05, 3.63) is 16.6 Å². The van der Waals surface area contributed by atoms with Crippen molar-refractivity contribution in [2.24, 2.45) is 0 Å². The molecule has 0 bridgehead atoms. The van der Waals surface area contributed by atoms with E-state index >= 15 is 0 Å². The third-order valence-corrected chi connectivity index (χ3v) is 3.26. The Bertz CT molecular complexity index is 280. The molecule has 0 amide bonds. The fourth-order valence-corrected chi connectivity index (χ4v) is 2.62. The lowest BCUT2D eigenvalue weighted by Gasteiger charge is -2.46. The Hall–Kier alpha value is -0.450. The molecule has 2 rings (SSSR count). The van der Waals surface area contributed by atoms with E-state index in [0.29, 0.717) is 0 Å². The van der Waals surface area contributed by atoms with Gasteiger partial charge in [0.2, 0.25) is 0 Å². The maximum atomic E-state index is 9.95. The first-order valence-corrected chi connectivity index (χ1v) is 5.98. The van der Waals surface area contributed by atoms with E-state index in [1.165, 1.54) is 0 Å². The van der Waals surface area contributed by atoms with Crippen molar-refractivity contribution in [2.45, 2.75) is 31.9 Å². The quantitative estimate of drug-likeness (QED) is 0.821. The van der Waals surface area contributed by atoms with Crippen molar-refractivity contribution >= 4 is 11.3 Å². The Balaban J connectivity index is 1.78. The predicted molar refractivity (Wildman–Crippen MR) is 57.2 cm³/mol. The van der Waals surface area contributed by atoms with Crippen LogP contribution >= 0.6 is 11.3 Å². The van der Waals surface area contributed by atoms with Crippen molar-refractivity contribution in [1.29, 1.82) is 0 Å². The first-order valence-electron chi connectivity index (χ1n) is 5.04. The van der Waals surface area contributed by atoms with Crippen LogP contribution in [0.3, 0.4) is 0 Å². The highest BCUT2D eigenvalue weighted by molar-refractivity contribution is 7.07. The van der Waals surface area contributed by atoms with Crippen molar-refractivity contribution in [2.75, 3.05) is 13.1 Å². The Kier molecular flexibility index (Phi) is 2.85. The van der Waals surface area contributed by atoms with Crippen molar-refractivity contribution in [1.82, 2.24) is 9.88 Å². The summed E-state index contributed by atoms with van der Waals surface area (Å²) in [4.78, 5) is 6.47. The van der Waals surface area contributed by atoms with Gasteiger partial charge in [0.05, 0.1) is 16.8 Å². The summed E-state index contributed by atoms with van der Waals surface area (Å²) >= 11 is 1.63. The van der Waals surface area contributed by atoms with Crippen LogP contribution in [0.1, 0.15) is 25.5 Å². The van der Waals surface area contributed by atoms with E-state index in [0.717, 1.165) is 38.2 Å². The Morgan fingerprint density at radius 3 is 3.00 bits per heavy atom. The summed E-state index contributed by atoms with van der Waals surface area (Å²) in [6, 6.07) is 0. The fraction of sp³-hybridized carbons (Fsp3) is 0.700. The molecule has 1 saturated heterocycles. The van der Waals surface area contributed by atoms with E-state index < -0.39 is 5.60 Å². The number of hydrogen-bond acceptors (Lipinski definition) is 4. The molecule has 3 nitrogen and oxygen atoms in total. The van der Waals surface area contributed by atoms with Crippen LogP contribution in [0.25, 0.3) is 0 Å². The van der Waals surface area contributed by atoms with E-state index in [-0.39, 0.29) is 0 Å². The second-order valence-corrected chi connectivity index (χ2v) is 4.82. The van der Waals surface area contributed by atoms with E-state index in [9.17, 15) is 5.11 Å². The van der Waals surface area contributed by atoms with Crippen LogP contribution < -0.4 is 0 Å². The third kappa shape index (κ3) is 2.13. The molecule has 1 fully saturated rings. The van der Waals surface area contributed by atoms with Gasteiger partial charge >= 0.3 is 0 Å². The van der Waals surface area contributed by atoms with Gasteiger partial charge in [0.1, 0.15) is 0 Å². The fourth-order valence-electron chi connectivity index (χ4n) is 2.07. The number of nitrogens with zero attached hydrogens (tertiary/aromatic N) is 2. The molecule has 2 heterocycles. The van der Waals surface area contributed by atoms with Crippen LogP contribution in [0.15, 0.2) is 10.9 Å². The second kappa shape index (κ2) is 3.96. The number of aliphatic hydroxyl groups is 1. The molecule has 78 valence electrons. The summed E-state index contributed by atoms with van der Waals surface area (Å²) in [6.07, 6.45) is 1.97. The number of β-amino-alcohol motifs (C(OH)–C–C–N with tert-alkyl or cyclic N) is 1. The van der Waals surface area contributed by atoms with Crippen LogP contribution in [0, 0.1) is 0 Å². The highest BCUT2D eigenvalue weighted by atomic mass is 32.1. The van der Waals surface area contributed by atoms with Crippen molar-refractivity contribution < 1.29 is 5.11 Å². The lowest BCUT2D eigenvalue weighted by atomic mass is 9.89. The number of hydrogen-bond donors (Lipinski definition) is 1. The summed E-state index contributed by atoms with van der Waals surface area (Å²) in [5.74, 6) is 0. The molecule has 0 saturated carbocycles. The second-order valence-electron chi connectivity index (χ2n) is 4.10. The summed E-state index contributed by atoms with van der Waals surface area (Å²) < 4.78 is 0. The van der Waals surface area contributed by atoms with Crippen LogP contribution in [0.4, 0.5) is 0 Å². The summed E-state index contributed by atoms with van der Waals surface area (Å²) in [5.41, 5.74) is 2.56. The Morgan fingerprint density at radius 2 is 2.43 bits per heavy atom. The van der Waals surface area contributed by atoms with Gasteiger partial charge in [-0.15, -0.1) is 11.3 Å². The molecule has 1 aliphatic heterocycles. The first kappa shape index (κ1) is 10.1. The van der Waals surface area contributed by atoms with E-state index in [4.69, 9.17) is 0 Å². The largest absolute Gasteiger partial charge is 0.387 e. The summed E-state index contributed by atoms with van der Waals surface area (Å²) in [7, 11) is 0. The molecule has 0 unspecified atom stereocenters. The lowest BCUT2D eigenvalue weighted by Crippen LogP contribution is -2.60. The van der Waals surface area contributed by atoms with Gasteiger partial charge in [-0.1, -0.05) is 13.3 Å². The van der Waals surface area contributed by atoms with Crippen molar-refractivity contribution in [3.8, 4) is 0 Å². The molecule has 1 aromatic rings. The molecular weight excluding hydrogens is 196 g/mol. The van der Waals surface area contributed by atoms with Gasteiger partial charge in [0, 0.05) is 25.0 Å². The minimum absolute atomic E-state index is 0.412. The standard InChI is InChI=1S/C10H16N2OS/c1-2-3-10(13)6-12(7-10)4-9-5-14-8-11-9/h5,8,13H,2-4,6-7H2,1H3. The molecule has 0 spiro atoms. The minimum Gasteiger partial charge on any atom is -0.387 e. The highest BCUT2D eigenvalue weighted by Gasteiger charge is 2.39. The average molecular weight is 212 g/mol. The molecule has 14 heavy (non-hydrogen) atoms. The number of aromatic nitrogens is 1. The van der Waals surface area contributed by atoms with Crippen LogP contribution in [0.2, 0.25) is 0 Å². The van der Waals surface area contributed by atoms with Crippen molar-refractivity contribution in [3.63, 3.8) is 0 Å². The predicted octanol–water partition coefficient (Wildman–Crippen LogP) is 1.49. The van der Waals surface area contributed by atoms with Crippen LogP contribution in [-0.4, -0.2) is 33.7 Å². The zero-order chi connectivity index (χ0) is 10.0. The van der Waals surface area contributed by atoms with E-state index in [1.807, 2.05) is 5.51 Å². The van der Waals surface area contributed by atoms with Crippen LogP contribution in [0.5, 0.6) is 0 Å². The van der Waals surface area contributed by atoms with Gasteiger partial charge in [-0.25, -0.2) is 4.98 Å². The lowest BCUT2D eigenvalue weighted by molar-refractivity contribution is -0.107. The molecule has 1 N–H and O–H groups in total. The molecule has 0 radical (unpaired) electrons. The van der Waals surface area contributed by atoms with Gasteiger partial charge in [0.25, 0.3) is 0 Å². The maximum Gasteiger partial charge on any atom is 0.0900 e. The topological polar surface area (TPSA) is 36.4 Å². The highest BCUT2D eigenvalue weighted by Crippen LogP contribution is 2.26. The van der Waals surface area contributed by atoms with Gasteiger partial charge in [0.15, 0.2) is 0 Å². The number of rotatable bonds is 4. The first-order chi connectivity index (χ1) is 6.72. The SMILES string of the molecule is CCCC1(O)CN(Cc2cscn2)C1. The van der Waals surface area contributed by atoms with Crippen LogP contribution in [-0.2, 0) is 6.54 Å². The molecule has 1 aliphatic rings. The van der Waals surface area contributed by atoms with Gasteiger partial charge in [-0.2, -0.15) is 0 Å². The average Bonchev–Trinajstić information content (AvgIpc) is 2.54. The Labute approximate surface area is 88.4 Å². The number of thiazole rings is 1. The van der Waals surface area contributed by atoms with Gasteiger partial charge < -0.3 is 5.11 Å². The molecule has 0 aliphatic carbocycles. The zero-order valence-electron chi connectivity index (χ0n) is 8.44. The summed E-state index contributed by atoms with van der Waals surface area (Å²) in [5, 5.41) is 12.0. The monoisotopic (exact) mass is 212 g/mol. The molecule has 4 heteroatoms. The molecule has 0 atom stereocenters. The Morgan fingerprint density at radius 1 is 1.64 bits per heavy atom. The smallest absolute Gasteiger partial charge is 0.0900 e. The molecular formula is C10H16N2OS. The normalized spacial score (nSPS) is 20.7. The van der Waals surface area contributed by atoms with Gasteiger partial charge in [-0.05, 0) is 6.42 Å². The minimum atomic E-state index is -0.412. The summed E-state index contributed by atoms with van der Waals surface area (Å²) in [6.45, 7) is 4.60. The van der Waals surface area contributed by atoms with E-state index in [1.54, 1.807) is 11.3 Å². The zero-order valence-corrected chi connectivity index (χ0v) is 9.26. The van der Waals surface area contributed by atoms with Gasteiger partial charge in [-0.3, -0.25) is 4.90 Å². The number of likely N-dealkylation sites (tertiary alicyclic amines) is 1. The molecule has 0 aromatic carbocycles. The third-order valence-electron chi connectivity index (χ3n) is 2.62. The molecule has 1 aromatic heterocycles. The van der Waals surface area contributed by atoms with E-state index in [2.05, 4.69) is 22.2 Å².